The Balaban J connectivity index is 1.36. The van der Waals surface area contributed by atoms with Gasteiger partial charge in [-0.05, 0) is 24.3 Å². The zero-order valence-electron chi connectivity index (χ0n) is 19.1. The van der Waals surface area contributed by atoms with Gasteiger partial charge in [-0.1, -0.05) is 24.3 Å². The number of anilines is 1. The number of furan rings is 1. The van der Waals surface area contributed by atoms with E-state index in [-0.39, 0.29) is 5.91 Å². The van der Waals surface area contributed by atoms with Gasteiger partial charge in [-0.25, -0.2) is 0 Å². The van der Waals surface area contributed by atoms with Gasteiger partial charge < -0.3 is 23.5 Å². The van der Waals surface area contributed by atoms with Crippen LogP contribution >= 0.6 is 0 Å². The number of para-hydroxylation sites is 1. The van der Waals surface area contributed by atoms with Crippen LogP contribution in [0.1, 0.15) is 21.6 Å². The molecule has 9 heteroatoms. The topological polar surface area (TPSA) is 50.9 Å². The quantitative estimate of drug-likeness (QED) is 0.388. The number of methoxy groups -OCH3 is 1. The van der Waals surface area contributed by atoms with Crippen molar-refractivity contribution in [2.24, 2.45) is 0 Å². The number of rotatable bonds is 5. The van der Waals surface area contributed by atoms with Gasteiger partial charge in [-0.3, -0.25) is 4.79 Å². The first-order chi connectivity index (χ1) is 16.8. The van der Waals surface area contributed by atoms with E-state index in [9.17, 15) is 18.0 Å². The van der Waals surface area contributed by atoms with E-state index in [0.717, 1.165) is 29.0 Å². The van der Waals surface area contributed by atoms with Crippen LogP contribution in [0.2, 0.25) is 0 Å². The molecule has 0 N–H and O–H groups in total. The fourth-order valence-corrected chi connectivity index (χ4v) is 4.54. The molecular formula is C26H24F3N3O3. The smallest absolute Gasteiger partial charge is 0.416 e. The monoisotopic (exact) mass is 483 g/mol. The normalized spacial score (nSPS) is 14.5. The number of ether oxygens (including phenoxy) is 1. The van der Waals surface area contributed by atoms with E-state index >= 15 is 0 Å². The van der Waals surface area contributed by atoms with Crippen LogP contribution in [0.5, 0.6) is 5.75 Å². The molecule has 0 spiro atoms. The lowest BCUT2D eigenvalue weighted by Gasteiger charge is -2.36. The first kappa shape index (κ1) is 22.9. The standard InChI is InChI=1S/C26H24F3N3O3/c1-34-23-8-3-2-5-18(23)17-32-21-9-14-35-24(21)16-22(32)25(33)31-12-10-30(11-13-31)20-7-4-6-19(15-20)26(27,28)29/h2-9,14-16H,10-13,17H2,1H3. The lowest BCUT2D eigenvalue weighted by molar-refractivity contribution is -0.137. The summed E-state index contributed by atoms with van der Waals surface area (Å²) >= 11 is 0. The highest BCUT2D eigenvalue weighted by molar-refractivity contribution is 5.97. The van der Waals surface area contributed by atoms with Crippen molar-refractivity contribution in [3.8, 4) is 5.75 Å². The van der Waals surface area contributed by atoms with Crippen molar-refractivity contribution in [2.45, 2.75) is 12.7 Å². The molecule has 35 heavy (non-hydrogen) atoms. The molecule has 0 atom stereocenters. The number of benzene rings is 2. The van der Waals surface area contributed by atoms with E-state index in [4.69, 9.17) is 9.15 Å². The molecule has 2 aromatic heterocycles. The van der Waals surface area contributed by atoms with E-state index in [1.54, 1.807) is 30.4 Å². The number of fused-ring (bicyclic) bond motifs is 1. The molecule has 4 aromatic rings. The molecule has 0 bridgehead atoms. The minimum atomic E-state index is -4.39. The Kier molecular flexibility index (Phi) is 5.92. The van der Waals surface area contributed by atoms with Gasteiger partial charge >= 0.3 is 6.18 Å². The van der Waals surface area contributed by atoms with Crippen LogP contribution in [-0.4, -0.2) is 48.7 Å². The first-order valence-corrected chi connectivity index (χ1v) is 11.3. The Bertz CT molecular complexity index is 1350. The van der Waals surface area contributed by atoms with Crippen LogP contribution in [0.3, 0.4) is 0 Å². The Hall–Kier alpha value is -3.88. The van der Waals surface area contributed by atoms with Gasteiger partial charge in [0.2, 0.25) is 0 Å². The van der Waals surface area contributed by atoms with Crippen molar-refractivity contribution in [1.29, 1.82) is 0 Å². The highest BCUT2D eigenvalue weighted by atomic mass is 19.4. The third-order valence-electron chi connectivity index (χ3n) is 6.37. The second-order valence-electron chi connectivity index (χ2n) is 8.42. The van der Waals surface area contributed by atoms with Gasteiger partial charge in [-0.15, -0.1) is 0 Å². The predicted octanol–water partition coefficient (Wildman–Crippen LogP) is 5.27. The summed E-state index contributed by atoms with van der Waals surface area (Å²) in [5.74, 6) is 0.584. The lowest BCUT2D eigenvalue weighted by atomic mass is 10.1. The third-order valence-corrected chi connectivity index (χ3v) is 6.37. The van der Waals surface area contributed by atoms with E-state index in [1.165, 1.54) is 6.07 Å². The van der Waals surface area contributed by atoms with Crippen molar-refractivity contribution < 1.29 is 27.1 Å². The van der Waals surface area contributed by atoms with E-state index in [1.807, 2.05) is 39.8 Å². The lowest BCUT2D eigenvalue weighted by Crippen LogP contribution is -2.49. The number of nitrogens with zero attached hydrogens (tertiary/aromatic N) is 3. The second kappa shape index (κ2) is 9.05. The fraction of sp³-hybridized carbons (Fsp3) is 0.269. The first-order valence-electron chi connectivity index (χ1n) is 11.3. The van der Waals surface area contributed by atoms with Crippen LogP contribution in [0, 0.1) is 0 Å². The van der Waals surface area contributed by atoms with E-state index in [0.29, 0.717) is 49.7 Å². The summed E-state index contributed by atoms with van der Waals surface area (Å²) in [5, 5.41) is 0. The largest absolute Gasteiger partial charge is 0.496 e. The van der Waals surface area contributed by atoms with Crippen LogP contribution in [0.15, 0.2) is 71.3 Å². The maximum atomic E-state index is 13.5. The highest BCUT2D eigenvalue weighted by Gasteiger charge is 2.32. The molecule has 6 nitrogen and oxygen atoms in total. The molecule has 1 fully saturated rings. The SMILES string of the molecule is COc1ccccc1Cn1c(C(=O)N2CCN(c3cccc(C(F)(F)F)c3)CC2)cc2occc21. The summed E-state index contributed by atoms with van der Waals surface area (Å²) in [5.41, 5.74) is 2.68. The molecule has 0 aliphatic carbocycles. The Morgan fingerprint density at radius 3 is 2.51 bits per heavy atom. The zero-order chi connectivity index (χ0) is 24.6. The summed E-state index contributed by atoms with van der Waals surface area (Å²) < 4.78 is 52.3. The number of carbonyl (C=O) groups excluding carboxylic acids is 1. The van der Waals surface area contributed by atoms with Gasteiger partial charge in [-0.2, -0.15) is 13.2 Å². The molecule has 0 radical (unpaired) electrons. The number of amides is 1. The fourth-order valence-electron chi connectivity index (χ4n) is 4.54. The molecule has 1 aliphatic rings. The summed E-state index contributed by atoms with van der Waals surface area (Å²) in [7, 11) is 1.61. The summed E-state index contributed by atoms with van der Waals surface area (Å²) in [6.07, 6.45) is -2.80. The number of carbonyl (C=O) groups is 1. The molecule has 2 aromatic carbocycles. The highest BCUT2D eigenvalue weighted by Crippen LogP contribution is 2.32. The minimum Gasteiger partial charge on any atom is -0.496 e. The van der Waals surface area contributed by atoms with Crippen LogP contribution in [0.4, 0.5) is 18.9 Å². The average Bonchev–Trinajstić information content (AvgIpc) is 3.46. The number of hydrogen-bond acceptors (Lipinski definition) is 4. The van der Waals surface area contributed by atoms with Crippen LogP contribution in [0.25, 0.3) is 11.1 Å². The van der Waals surface area contributed by atoms with Crippen molar-refractivity contribution in [1.82, 2.24) is 9.47 Å². The second-order valence-corrected chi connectivity index (χ2v) is 8.42. The number of aromatic nitrogens is 1. The van der Waals surface area contributed by atoms with Gasteiger partial charge in [0.15, 0.2) is 5.58 Å². The Morgan fingerprint density at radius 1 is 1.00 bits per heavy atom. The van der Waals surface area contributed by atoms with Gasteiger partial charge in [0, 0.05) is 49.6 Å². The van der Waals surface area contributed by atoms with Crippen LogP contribution < -0.4 is 9.64 Å². The zero-order valence-corrected chi connectivity index (χ0v) is 19.1. The summed E-state index contributed by atoms with van der Waals surface area (Å²) in [4.78, 5) is 17.1. The Morgan fingerprint density at radius 2 is 1.77 bits per heavy atom. The summed E-state index contributed by atoms with van der Waals surface area (Å²) in [6, 6.07) is 16.5. The number of hydrogen-bond donors (Lipinski definition) is 0. The molecule has 5 rings (SSSR count). The summed E-state index contributed by atoms with van der Waals surface area (Å²) in [6.45, 7) is 2.11. The van der Waals surface area contributed by atoms with Gasteiger partial charge in [0.05, 0.1) is 31.0 Å². The van der Waals surface area contributed by atoms with E-state index in [2.05, 4.69) is 0 Å². The maximum absolute atomic E-state index is 13.5. The molecule has 1 amide bonds. The van der Waals surface area contributed by atoms with Crippen molar-refractivity contribution in [2.75, 3.05) is 38.2 Å². The molecule has 3 heterocycles. The number of halogens is 3. The molecule has 0 saturated carbocycles. The molecule has 1 saturated heterocycles. The van der Waals surface area contributed by atoms with Crippen LogP contribution in [-0.2, 0) is 12.7 Å². The van der Waals surface area contributed by atoms with Crippen molar-refractivity contribution >= 4 is 22.7 Å². The molecular weight excluding hydrogens is 459 g/mol. The maximum Gasteiger partial charge on any atom is 0.416 e. The minimum absolute atomic E-state index is 0.144. The molecule has 182 valence electrons. The average molecular weight is 483 g/mol. The van der Waals surface area contributed by atoms with Crippen molar-refractivity contribution in [3.05, 3.63) is 83.7 Å². The van der Waals surface area contributed by atoms with Gasteiger partial charge in [0.1, 0.15) is 11.4 Å². The number of alkyl halides is 3. The molecule has 0 unspecified atom stereocenters. The Labute approximate surface area is 200 Å². The number of piperazine rings is 1. The predicted molar refractivity (Wildman–Crippen MR) is 126 cm³/mol. The van der Waals surface area contributed by atoms with Gasteiger partial charge in [0.25, 0.3) is 5.91 Å². The molecule has 1 aliphatic heterocycles. The van der Waals surface area contributed by atoms with E-state index < -0.39 is 11.7 Å². The van der Waals surface area contributed by atoms with Crippen molar-refractivity contribution in [3.63, 3.8) is 0 Å². The third kappa shape index (κ3) is 4.45.